The normalized spacial score (nSPS) is 10.7. The molecule has 3 rings (SSSR count). The molecule has 0 atom stereocenters. The molecule has 1 radical (unpaired) electrons. The molecule has 0 unspecified atom stereocenters. The third-order valence-electron chi connectivity index (χ3n) is 2.55. The van der Waals surface area contributed by atoms with Crippen LogP contribution in [0.5, 0.6) is 0 Å². The maximum atomic E-state index is 3.23. The summed E-state index contributed by atoms with van der Waals surface area (Å²) < 4.78 is 2.15. The maximum Gasteiger partial charge on any atom is 0.0534 e. The minimum Gasteiger partial charge on any atom is -0.316 e. The third kappa shape index (κ3) is 1.33. The first-order valence-electron chi connectivity index (χ1n) is 4.98. The van der Waals surface area contributed by atoms with E-state index in [0.717, 1.165) is 5.69 Å². The molecule has 1 heterocycles. The van der Waals surface area contributed by atoms with Crippen LogP contribution in [0.2, 0.25) is 0 Å². The topological polar surface area (TPSA) is 4.93 Å². The second-order valence-electron chi connectivity index (χ2n) is 3.49. The Kier molecular flexibility index (Phi) is 1.82. The van der Waals surface area contributed by atoms with Crippen molar-refractivity contribution in [3.8, 4) is 5.69 Å². The van der Waals surface area contributed by atoms with Crippen molar-refractivity contribution in [2.75, 3.05) is 0 Å². The van der Waals surface area contributed by atoms with Gasteiger partial charge in [-0.3, -0.25) is 0 Å². The van der Waals surface area contributed by atoms with Crippen LogP contribution in [0.3, 0.4) is 0 Å². The summed E-state index contributed by atoms with van der Waals surface area (Å²) in [6.45, 7) is 0. The van der Waals surface area contributed by atoms with Gasteiger partial charge in [0.15, 0.2) is 0 Å². The summed E-state index contributed by atoms with van der Waals surface area (Å²) in [6.07, 6.45) is 2.08. The number of aromatic nitrogens is 1. The van der Waals surface area contributed by atoms with Gasteiger partial charge in [0.1, 0.15) is 0 Å². The van der Waals surface area contributed by atoms with Crippen LogP contribution >= 0.6 is 0 Å². The lowest BCUT2D eigenvalue weighted by atomic mass is 10.2. The van der Waals surface area contributed by atoms with E-state index in [2.05, 4.69) is 53.2 Å². The number of hydrogen-bond acceptors (Lipinski definition) is 0. The van der Waals surface area contributed by atoms with E-state index in [0.29, 0.717) is 0 Å². The molecule has 0 saturated heterocycles. The molecule has 0 saturated carbocycles. The van der Waals surface area contributed by atoms with E-state index >= 15 is 0 Å². The molecule has 2 aromatic carbocycles. The average molecular weight is 192 g/mol. The fourth-order valence-corrected chi connectivity index (χ4v) is 1.83. The molecule has 0 amide bonds. The van der Waals surface area contributed by atoms with E-state index in [-0.39, 0.29) is 0 Å². The lowest BCUT2D eigenvalue weighted by Crippen LogP contribution is -1.90. The van der Waals surface area contributed by atoms with Crippen molar-refractivity contribution in [2.24, 2.45) is 0 Å². The number of fused-ring (bicyclic) bond motifs is 1. The molecule has 1 heteroatoms. The van der Waals surface area contributed by atoms with E-state index in [9.17, 15) is 0 Å². The Bertz CT molecular complexity index is 578. The highest BCUT2D eigenvalue weighted by molar-refractivity contribution is 5.81. The van der Waals surface area contributed by atoms with Crippen LogP contribution < -0.4 is 0 Å². The molecule has 71 valence electrons. The van der Waals surface area contributed by atoms with Gasteiger partial charge in [0.05, 0.1) is 11.2 Å². The Hall–Kier alpha value is -2.02. The highest BCUT2D eigenvalue weighted by Gasteiger charge is 2.00. The number of rotatable bonds is 1. The van der Waals surface area contributed by atoms with Gasteiger partial charge in [0.2, 0.25) is 0 Å². The van der Waals surface area contributed by atoms with Gasteiger partial charge in [-0.15, -0.1) is 0 Å². The second-order valence-corrected chi connectivity index (χ2v) is 3.49. The monoisotopic (exact) mass is 192 g/mol. The molecule has 1 nitrogen and oxygen atoms in total. The number of para-hydroxylation sites is 2. The molecule has 0 fully saturated rings. The maximum absolute atomic E-state index is 3.23. The van der Waals surface area contributed by atoms with Crippen LogP contribution in [0, 0.1) is 6.07 Å². The van der Waals surface area contributed by atoms with Gasteiger partial charge in [-0.1, -0.05) is 36.4 Å². The standard InChI is InChI=1S/C14H10N/c1-2-7-13(8-3-1)15-11-10-12-6-4-5-9-14(12)15/h1-7,9-11H. The molecular weight excluding hydrogens is 182 g/mol. The number of nitrogens with zero attached hydrogens (tertiary/aromatic N) is 1. The van der Waals surface area contributed by atoms with Crippen LogP contribution in [-0.2, 0) is 0 Å². The fraction of sp³-hybridized carbons (Fsp3) is 0. The summed E-state index contributed by atoms with van der Waals surface area (Å²) in [6, 6.07) is 21.7. The van der Waals surface area contributed by atoms with Gasteiger partial charge in [-0.2, -0.15) is 0 Å². The highest BCUT2D eigenvalue weighted by atomic mass is 15.0. The Balaban J connectivity index is 2.28. The Morgan fingerprint density at radius 1 is 0.867 bits per heavy atom. The first kappa shape index (κ1) is 8.30. The van der Waals surface area contributed by atoms with Crippen LogP contribution in [-0.4, -0.2) is 4.57 Å². The number of hydrogen-bond donors (Lipinski definition) is 0. The molecule has 0 bridgehead atoms. The smallest absolute Gasteiger partial charge is 0.0534 e. The summed E-state index contributed by atoms with van der Waals surface area (Å²) in [5.41, 5.74) is 2.30. The first-order chi connectivity index (χ1) is 7.45. The molecule has 15 heavy (non-hydrogen) atoms. The first-order valence-corrected chi connectivity index (χ1v) is 4.98. The largest absolute Gasteiger partial charge is 0.316 e. The minimum atomic E-state index is 1.08. The molecule has 0 aliphatic heterocycles. The van der Waals surface area contributed by atoms with E-state index in [1.807, 2.05) is 18.2 Å². The summed E-state index contributed by atoms with van der Waals surface area (Å²) in [5.74, 6) is 0. The van der Waals surface area contributed by atoms with Crippen LogP contribution in [0.25, 0.3) is 16.6 Å². The Morgan fingerprint density at radius 2 is 1.73 bits per heavy atom. The Labute approximate surface area is 88.6 Å². The van der Waals surface area contributed by atoms with E-state index in [1.54, 1.807) is 0 Å². The quantitative estimate of drug-likeness (QED) is 0.556. The average Bonchev–Trinajstić information content (AvgIpc) is 2.74. The zero-order valence-electron chi connectivity index (χ0n) is 8.22. The van der Waals surface area contributed by atoms with Gasteiger partial charge in [0, 0.05) is 12.3 Å². The predicted octanol–water partition coefficient (Wildman–Crippen LogP) is 3.43. The van der Waals surface area contributed by atoms with Crippen molar-refractivity contribution in [2.45, 2.75) is 0 Å². The molecule has 1 aromatic heterocycles. The van der Waals surface area contributed by atoms with Crippen molar-refractivity contribution in [3.63, 3.8) is 0 Å². The van der Waals surface area contributed by atoms with Crippen LogP contribution in [0.4, 0.5) is 0 Å². The zero-order valence-corrected chi connectivity index (χ0v) is 8.22. The van der Waals surface area contributed by atoms with E-state index in [1.165, 1.54) is 10.9 Å². The SMILES string of the molecule is [c]1ccccc1-n1ccc2ccccc21. The molecule has 3 aromatic rings. The summed E-state index contributed by atoms with van der Waals surface area (Å²) in [5, 5.41) is 1.26. The van der Waals surface area contributed by atoms with Gasteiger partial charge >= 0.3 is 0 Å². The molecule has 0 aliphatic carbocycles. The van der Waals surface area contributed by atoms with Crippen LogP contribution in [0.1, 0.15) is 0 Å². The lowest BCUT2D eigenvalue weighted by molar-refractivity contribution is 1.12. The minimum absolute atomic E-state index is 1.08. The summed E-state index contributed by atoms with van der Waals surface area (Å²) in [7, 11) is 0. The molecule has 0 spiro atoms. The second kappa shape index (κ2) is 3.28. The van der Waals surface area contributed by atoms with Crippen molar-refractivity contribution in [1.82, 2.24) is 4.57 Å². The predicted molar refractivity (Wildman–Crippen MR) is 62.1 cm³/mol. The summed E-state index contributed by atoms with van der Waals surface area (Å²) >= 11 is 0. The molecule has 0 aliphatic rings. The van der Waals surface area contributed by atoms with E-state index < -0.39 is 0 Å². The highest BCUT2D eigenvalue weighted by Crippen LogP contribution is 2.19. The van der Waals surface area contributed by atoms with Crippen molar-refractivity contribution in [1.29, 1.82) is 0 Å². The van der Waals surface area contributed by atoms with Gasteiger partial charge < -0.3 is 4.57 Å². The van der Waals surface area contributed by atoms with Crippen molar-refractivity contribution in [3.05, 3.63) is 66.9 Å². The van der Waals surface area contributed by atoms with Gasteiger partial charge in [-0.05, 0) is 23.6 Å². The summed E-state index contributed by atoms with van der Waals surface area (Å²) in [4.78, 5) is 0. The van der Waals surface area contributed by atoms with Gasteiger partial charge in [0.25, 0.3) is 0 Å². The van der Waals surface area contributed by atoms with Crippen molar-refractivity contribution >= 4 is 10.9 Å². The molecular formula is C14H10N. The van der Waals surface area contributed by atoms with Crippen LogP contribution in [0.15, 0.2) is 60.8 Å². The van der Waals surface area contributed by atoms with Gasteiger partial charge in [-0.25, -0.2) is 0 Å². The third-order valence-corrected chi connectivity index (χ3v) is 2.55. The number of benzene rings is 2. The Morgan fingerprint density at radius 3 is 2.60 bits per heavy atom. The molecule has 0 N–H and O–H groups in total. The van der Waals surface area contributed by atoms with E-state index in [4.69, 9.17) is 0 Å². The zero-order chi connectivity index (χ0) is 10.1. The van der Waals surface area contributed by atoms with Crippen molar-refractivity contribution < 1.29 is 0 Å². The fourth-order valence-electron chi connectivity index (χ4n) is 1.83. The lowest BCUT2D eigenvalue weighted by Gasteiger charge is -2.03.